The van der Waals surface area contributed by atoms with E-state index in [-0.39, 0.29) is 19.2 Å². The molecule has 0 aromatic heterocycles. The van der Waals surface area contributed by atoms with Gasteiger partial charge in [-0.1, -0.05) is 26.7 Å². The fourth-order valence-electron chi connectivity index (χ4n) is 2.20. The highest BCUT2D eigenvalue weighted by Gasteiger charge is 2.35. The van der Waals surface area contributed by atoms with Gasteiger partial charge in [0.2, 0.25) is 0 Å². The van der Waals surface area contributed by atoms with Crippen molar-refractivity contribution < 1.29 is 19.4 Å². The van der Waals surface area contributed by atoms with Crippen LogP contribution in [0.1, 0.15) is 39.5 Å². The van der Waals surface area contributed by atoms with E-state index in [9.17, 15) is 9.59 Å². The van der Waals surface area contributed by atoms with Gasteiger partial charge in [-0.05, 0) is 12.8 Å². The minimum absolute atomic E-state index is 0.171. The molecule has 6 heteroatoms. The van der Waals surface area contributed by atoms with Crippen LogP contribution < -0.4 is 5.32 Å². The van der Waals surface area contributed by atoms with Gasteiger partial charge in [0.25, 0.3) is 0 Å². The van der Waals surface area contributed by atoms with Crippen molar-refractivity contribution in [2.45, 2.75) is 45.6 Å². The van der Waals surface area contributed by atoms with Gasteiger partial charge >= 0.3 is 12.0 Å². The fourth-order valence-corrected chi connectivity index (χ4v) is 2.20. The van der Waals surface area contributed by atoms with E-state index < -0.39 is 17.9 Å². The molecule has 2 unspecified atom stereocenters. The maximum absolute atomic E-state index is 12.2. The molecule has 0 aromatic rings. The van der Waals surface area contributed by atoms with Gasteiger partial charge in [-0.3, -0.25) is 4.79 Å². The third kappa shape index (κ3) is 5.00. The van der Waals surface area contributed by atoms with Crippen molar-refractivity contribution in [3.63, 3.8) is 0 Å². The molecule has 20 heavy (non-hydrogen) atoms. The van der Waals surface area contributed by atoms with Gasteiger partial charge in [-0.25, -0.2) is 4.79 Å². The molecule has 2 amide bonds. The first-order chi connectivity index (χ1) is 9.60. The van der Waals surface area contributed by atoms with Crippen LogP contribution in [0.3, 0.4) is 0 Å². The lowest BCUT2D eigenvalue weighted by Gasteiger charge is -2.25. The first kappa shape index (κ1) is 16.8. The van der Waals surface area contributed by atoms with Gasteiger partial charge < -0.3 is 20.1 Å². The largest absolute Gasteiger partial charge is 0.481 e. The third-order valence-electron chi connectivity index (χ3n) is 3.56. The molecule has 6 nitrogen and oxygen atoms in total. The van der Waals surface area contributed by atoms with Crippen LogP contribution in [0.25, 0.3) is 0 Å². The highest BCUT2D eigenvalue weighted by Crippen LogP contribution is 2.14. The molecular weight excluding hydrogens is 260 g/mol. The van der Waals surface area contributed by atoms with Crippen molar-refractivity contribution in [1.29, 1.82) is 0 Å². The zero-order valence-corrected chi connectivity index (χ0v) is 12.4. The van der Waals surface area contributed by atoms with Crippen LogP contribution in [0.2, 0.25) is 0 Å². The van der Waals surface area contributed by atoms with Gasteiger partial charge in [0.05, 0.1) is 19.3 Å². The Labute approximate surface area is 120 Å². The van der Waals surface area contributed by atoms with Crippen LogP contribution in [0, 0.1) is 5.92 Å². The lowest BCUT2D eigenvalue weighted by atomic mass is 10.0. The molecule has 116 valence electrons. The Kier molecular flexibility index (Phi) is 7.36. The molecule has 0 radical (unpaired) electrons. The number of nitrogens with one attached hydrogen (secondary N) is 1. The van der Waals surface area contributed by atoms with E-state index in [1.54, 1.807) is 4.90 Å². The highest BCUT2D eigenvalue weighted by atomic mass is 16.5. The third-order valence-corrected chi connectivity index (χ3v) is 3.56. The van der Waals surface area contributed by atoms with Gasteiger partial charge in [0, 0.05) is 13.1 Å². The van der Waals surface area contributed by atoms with E-state index in [0.717, 1.165) is 25.7 Å². The van der Waals surface area contributed by atoms with Crippen LogP contribution in [0.5, 0.6) is 0 Å². The summed E-state index contributed by atoms with van der Waals surface area (Å²) in [5.74, 6) is -1.56. The second kappa shape index (κ2) is 8.79. The topological polar surface area (TPSA) is 78.9 Å². The SMILES string of the molecule is CCCCN(CCCC)C(=O)NC1COCC1C(=O)O. The number of nitrogens with zero attached hydrogens (tertiary/aromatic N) is 1. The summed E-state index contributed by atoms with van der Waals surface area (Å²) in [5, 5.41) is 11.9. The number of ether oxygens (including phenoxy) is 1. The minimum Gasteiger partial charge on any atom is -0.481 e. The first-order valence-electron chi connectivity index (χ1n) is 7.46. The van der Waals surface area contributed by atoms with E-state index in [1.165, 1.54) is 0 Å². The summed E-state index contributed by atoms with van der Waals surface area (Å²) in [6.45, 7) is 6.05. The standard InChI is InChI=1S/C14H26N2O4/c1-3-5-7-16(8-6-4-2)14(19)15-12-10-20-9-11(12)13(17)18/h11-12H,3-10H2,1-2H3,(H,15,19)(H,17,18). The Morgan fingerprint density at radius 2 is 1.80 bits per heavy atom. The molecule has 0 bridgehead atoms. The molecule has 1 fully saturated rings. The summed E-state index contributed by atoms with van der Waals surface area (Å²) in [5.41, 5.74) is 0. The number of aliphatic carboxylic acids is 1. The molecule has 0 saturated carbocycles. The number of amides is 2. The molecule has 2 atom stereocenters. The molecule has 1 rings (SSSR count). The number of carboxylic acid groups (broad SMARTS) is 1. The zero-order chi connectivity index (χ0) is 15.0. The smallest absolute Gasteiger partial charge is 0.317 e. The minimum atomic E-state index is -0.915. The van der Waals surface area contributed by atoms with Crippen molar-refractivity contribution >= 4 is 12.0 Å². The number of hydrogen-bond acceptors (Lipinski definition) is 3. The molecular formula is C14H26N2O4. The number of rotatable bonds is 8. The van der Waals surface area contributed by atoms with Crippen LogP contribution in [-0.4, -0.2) is 54.4 Å². The van der Waals surface area contributed by atoms with Gasteiger partial charge in [0.1, 0.15) is 5.92 Å². The van der Waals surface area contributed by atoms with Crippen molar-refractivity contribution in [3.05, 3.63) is 0 Å². The lowest BCUT2D eigenvalue weighted by Crippen LogP contribution is -2.49. The Bertz CT molecular complexity index is 314. The zero-order valence-electron chi connectivity index (χ0n) is 12.4. The van der Waals surface area contributed by atoms with Crippen molar-refractivity contribution in [2.75, 3.05) is 26.3 Å². The summed E-state index contributed by atoms with van der Waals surface area (Å²) in [6.07, 6.45) is 3.97. The van der Waals surface area contributed by atoms with E-state index in [4.69, 9.17) is 9.84 Å². The molecule has 0 aromatic carbocycles. The van der Waals surface area contributed by atoms with E-state index in [1.807, 2.05) is 0 Å². The summed E-state index contributed by atoms with van der Waals surface area (Å²) < 4.78 is 5.16. The first-order valence-corrected chi connectivity index (χ1v) is 7.46. The molecule has 1 aliphatic heterocycles. The van der Waals surface area contributed by atoms with E-state index >= 15 is 0 Å². The predicted molar refractivity (Wildman–Crippen MR) is 75.7 cm³/mol. The van der Waals surface area contributed by atoms with Crippen molar-refractivity contribution in [1.82, 2.24) is 10.2 Å². The maximum atomic E-state index is 12.2. The monoisotopic (exact) mass is 286 g/mol. The molecule has 0 aliphatic carbocycles. The van der Waals surface area contributed by atoms with Crippen molar-refractivity contribution in [3.8, 4) is 0 Å². The quantitative estimate of drug-likeness (QED) is 0.712. The van der Waals surface area contributed by atoms with Gasteiger partial charge in [-0.2, -0.15) is 0 Å². The number of carboxylic acids is 1. The molecule has 0 spiro atoms. The molecule has 2 N–H and O–H groups in total. The van der Waals surface area contributed by atoms with Crippen molar-refractivity contribution in [2.24, 2.45) is 5.92 Å². The normalized spacial score (nSPS) is 21.7. The number of carbonyl (C=O) groups is 2. The number of unbranched alkanes of at least 4 members (excludes halogenated alkanes) is 2. The summed E-state index contributed by atoms with van der Waals surface area (Å²) in [6, 6.07) is -0.598. The Hall–Kier alpha value is -1.30. The van der Waals surface area contributed by atoms with Gasteiger partial charge in [0.15, 0.2) is 0 Å². The molecule has 1 aliphatic rings. The van der Waals surface area contributed by atoms with Gasteiger partial charge in [-0.15, -0.1) is 0 Å². The maximum Gasteiger partial charge on any atom is 0.317 e. The Balaban J connectivity index is 2.53. The molecule has 1 heterocycles. The predicted octanol–water partition coefficient (Wildman–Crippen LogP) is 1.70. The summed E-state index contributed by atoms with van der Waals surface area (Å²) in [4.78, 5) is 25.1. The number of urea groups is 1. The fraction of sp³-hybridized carbons (Fsp3) is 0.857. The van der Waals surface area contributed by atoms with E-state index in [2.05, 4.69) is 19.2 Å². The van der Waals surface area contributed by atoms with Crippen LogP contribution in [-0.2, 0) is 9.53 Å². The molecule has 1 saturated heterocycles. The lowest BCUT2D eigenvalue weighted by molar-refractivity contribution is -0.142. The Morgan fingerprint density at radius 3 is 2.30 bits per heavy atom. The highest BCUT2D eigenvalue weighted by molar-refractivity contribution is 5.77. The summed E-state index contributed by atoms with van der Waals surface area (Å²) >= 11 is 0. The second-order valence-corrected chi connectivity index (χ2v) is 5.23. The van der Waals surface area contributed by atoms with E-state index in [0.29, 0.717) is 13.1 Å². The van der Waals surface area contributed by atoms with Crippen LogP contribution >= 0.6 is 0 Å². The average molecular weight is 286 g/mol. The Morgan fingerprint density at radius 1 is 1.20 bits per heavy atom. The number of carbonyl (C=O) groups excluding carboxylic acids is 1. The summed E-state index contributed by atoms with van der Waals surface area (Å²) in [7, 11) is 0. The second-order valence-electron chi connectivity index (χ2n) is 5.23. The van der Waals surface area contributed by atoms with Crippen LogP contribution in [0.15, 0.2) is 0 Å². The van der Waals surface area contributed by atoms with Crippen LogP contribution in [0.4, 0.5) is 4.79 Å². The average Bonchev–Trinajstić information content (AvgIpc) is 2.87. The number of hydrogen-bond donors (Lipinski definition) is 2.